The lowest BCUT2D eigenvalue weighted by molar-refractivity contribution is 0.0522. The number of methoxy groups -OCH3 is 1. The maximum Gasteiger partial charge on any atom is 0.435 e. The van der Waals surface area contributed by atoms with Crippen LogP contribution in [0.15, 0.2) is 30.5 Å². The Kier molecular flexibility index (Phi) is 4.39. The van der Waals surface area contributed by atoms with Crippen molar-refractivity contribution >= 4 is 17.0 Å². The topological polar surface area (TPSA) is 66.2 Å². The fraction of sp³-hybridized carbons (Fsp3) is 0.316. The third-order valence-corrected chi connectivity index (χ3v) is 3.77. The van der Waals surface area contributed by atoms with Crippen molar-refractivity contribution < 1.29 is 18.7 Å². The van der Waals surface area contributed by atoms with Gasteiger partial charge in [-0.1, -0.05) is 6.07 Å². The molecule has 26 heavy (non-hydrogen) atoms. The molecule has 0 bridgehead atoms. The van der Waals surface area contributed by atoms with Gasteiger partial charge in [-0.25, -0.2) is 9.18 Å². The normalized spacial score (nSPS) is 11.6. The number of pyridine rings is 1. The lowest BCUT2D eigenvalue weighted by atomic mass is 10.1. The van der Waals surface area contributed by atoms with E-state index < -0.39 is 17.5 Å². The molecule has 0 unspecified atom stereocenters. The number of hydrogen-bond acceptors (Lipinski definition) is 5. The highest BCUT2D eigenvalue weighted by atomic mass is 19.1. The minimum atomic E-state index is -0.642. The molecule has 0 aliphatic carbocycles. The van der Waals surface area contributed by atoms with Gasteiger partial charge in [-0.15, -0.1) is 0 Å². The van der Waals surface area contributed by atoms with E-state index in [0.29, 0.717) is 28.0 Å². The molecule has 136 valence electrons. The van der Waals surface area contributed by atoms with Crippen LogP contribution in [0.5, 0.6) is 5.75 Å². The molecule has 0 saturated heterocycles. The number of ether oxygens (including phenoxy) is 2. The Morgan fingerprint density at radius 3 is 2.65 bits per heavy atom. The molecule has 0 spiro atoms. The first-order valence-electron chi connectivity index (χ1n) is 8.13. The summed E-state index contributed by atoms with van der Waals surface area (Å²) < 4.78 is 26.1. The zero-order chi connectivity index (χ0) is 19.1. The van der Waals surface area contributed by atoms with E-state index in [2.05, 4.69) is 10.1 Å². The summed E-state index contributed by atoms with van der Waals surface area (Å²) in [6.45, 7) is 7.12. The molecule has 0 saturated carbocycles. The maximum atomic E-state index is 14.3. The zero-order valence-electron chi connectivity index (χ0n) is 15.3. The summed E-state index contributed by atoms with van der Waals surface area (Å²) >= 11 is 0. The highest BCUT2D eigenvalue weighted by molar-refractivity contribution is 5.91. The van der Waals surface area contributed by atoms with Crippen molar-refractivity contribution in [1.29, 1.82) is 0 Å². The van der Waals surface area contributed by atoms with Crippen LogP contribution in [0.3, 0.4) is 0 Å². The Labute approximate surface area is 150 Å². The molecule has 7 heteroatoms. The van der Waals surface area contributed by atoms with Gasteiger partial charge in [0.2, 0.25) is 0 Å². The average Bonchev–Trinajstić information content (AvgIpc) is 2.89. The molecule has 0 aliphatic rings. The van der Waals surface area contributed by atoms with Crippen LogP contribution in [-0.2, 0) is 4.74 Å². The van der Waals surface area contributed by atoms with Crippen molar-refractivity contribution in [2.75, 3.05) is 7.11 Å². The van der Waals surface area contributed by atoms with Crippen LogP contribution in [0.4, 0.5) is 9.18 Å². The van der Waals surface area contributed by atoms with Gasteiger partial charge >= 0.3 is 6.09 Å². The van der Waals surface area contributed by atoms with Crippen molar-refractivity contribution in [2.45, 2.75) is 33.3 Å². The first-order valence-corrected chi connectivity index (χ1v) is 8.13. The quantitative estimate of drug-likeness (QED) is 0.683. The molecule has 0 aliphatic heterocycles. The van der Waals surface area contributed by atoms with Gasteiger partial charge in [0.25, 0.3) is 0 Å². The van der Waals surface area contributed by atoms with Crippen molar-refractivity contribution in [2.24, 2.45) is 0 Å². The lowest BCUT2D eigenvalue weighted by Crippen LogP contribution is -2.27. The molecule has 0 fully saturated rings. The Morgan fingerprint density at radius 1 is 1.27 bits per heavy atom. The van der Waals surface area contributed by atoms with Crippen molar-refractivity contribution in [3.05, 3.63) is 42.0 Å². The van der Waals surface area contributed by atoms with Gasteiger partial charge in [-0.05, 0) is 45.9 Å². The molecule has 6 nitrogen and oxygen atoms in total. The summed E-state index contributed by atoms with van der Waals surface area (Å²) in [6.07, 6.45) is 0.897. The van der Waals surface area contributed by atoms with E-state index >= 15 is 0 Å². The maximum absolute atomic E-state index is 14.3. The number of halogens is 1. The summed E-state index contributed by atoms with van der Waals surface area (Å²) in [5, 5.41) is 4.94. The molecular weight excluding hydrogens is 337 g/mol. The van der Waals surface area contributed by atoms with Crippen molar-refractivity contribution in [3.63, 3.8) is 0 Å². The van der Waals surface area contributed by atoms with Gasteiger partial charge in [-0.3, -0.25) is 4.98 Å². The second kappa shape index (κ2) is 6.40. The second-order valence-electron chi connectivity index (χ2n) is 6.88. The largest absolute Gasteiger partial charge is 0.496 e. The van der Waals surface area contributed by atoms with Crippen molar-refractivity contribution in [3.8, 4) is 17.0 Å². The molecule has 0 atom stereocenters. The first-order chi connectivity index (χ1) is 12.2. The first kappa shape index (κ1) is 17.8. The molecule has 2 aromatic heterocycles. The van der Waals surface area contributed by atoms with Crippen molar-refractivity contribution in [1.82, 2.24) is 14.8 Å². The van der Waals surface area contributed by atoms with E-state index in [1.807, 2.05) is 0 Å². The minimum absolute atomic E-state index is 0.265. The van der Waals surface area contributed by atoms with Crippen LogP contribution in [-0.4, -0.2) is 33.6 Å². The average molecular weight is 357 g/mol. The number of fused-ring (bicyclic) bond motifs is 1. The zero-order valence-corrected chi connectivity index (χ0v) is 15.3. The fourth-order valence-corrected chi connectivity index (χ4v) is 2.67. The summed E-state index contributed by atoms with van der Waals surface area (Å²) in [6, 6.07) is 6.28. The number of aromatic nitrogens is 3. The lowest BCUT2D eigenvalue weighted by Gasteiger charge is -2.19. The second-order valence-corrected chi connectivity index (χ2v) is 6.88. The summed E-state index contributed by atoms with van der Waals surface area (Å²) in [5.74, 6) is -0.0533. The van der Waals surface area contributed by atoms with E-state index in [0.717, 1.165) is 0 Å². The number of carbonyl (C=O) groups excluding carboxylic acids is 1. The Bertz CT molecular complexity index is 990. The number of nitrogens with zero attached hydrogens (tertiary/aromatic N) is 3. The molecule has 0 radical (unpaired) electrons. The Balaban J connectivity index is 2.12. The standard InChI is InChI=1S/C19H20FN3O3/c1-11-12-9-14(17-13(20)7-6-8-16(17)25-5)21-10-15(12)23(22-11)18(24)26-19(2,3)4/h6-10H,1-5H3. The third-order valence-electron chi connectivity index (χ3n) is 3.77. The summed E-state index contributed by atoms with van der Waals surface area (Å²) in [4.78, 5) is 16.7. The van der Waals surface area contributed by atoms with E-state index in [-0.39, 0.29) is 5.56 Å². The smallest absolute Gasteiger partial charge is 0.435 e. The predicted molar refractivity (Wildman–Crippen MR) is 95.8 cm³/mol. The molecule has 2 heterocycles. The molecule has 0 amide bonds. The minimum Gasteiger partial charge on any atom is -0.496 e. The van der Waals surface area contributed by atoms with Gasteiger partial charge in [0.1, 0.15) is 17.2 Å². The van der Waals surface area contributed by atoms with Crippen LogP contribution in [0.25, 0.3) is 22.2 Å². The van der Waals surface area contributed by atoms with Gasteiger partial charge in [-0.2, -0.15) is 9.78 Å². The van der Waals surface area contributed by atoms with Gasteiger partial charge in [0.15, 0.2) is 0 Å². The molecule has 0 N–H and O–H groups in total. The van der Waals surface area contributed by atoms with E-state index in [9.17, 15) is 9.18 Å². The number of benzene rings is 1. The highest BCUT2D eigenvalue weighted by Crippen LogP contribution is 2.33. The third kappa shape index (κ3) is 3.24. The SMILES string of the molecule is COc1cccc(F)c1-c1cc2c(C)nn(C(=O)OC(C)(C)C)c2cn1. The molecular formula is C19H20FN3O3. The number of hydrogen-bond donors (Lipinski definition) is 0. The van der Waals surface area contributed by atoms with Crippen LogP contribution >= 0.6 is 0 Å². The Hall–Kier alpha value is -2.96. The number of rotatable bonds is 2. The molecule has 3 rings (SSSR count). The fourth-order valence-electron chi connectivity index (χ4n) is 2.67. The van der Waals surface area contributed by atoms with Crippen LogP contribution in [0.1, 0.15) is 26.5 Å². The van der Waals surface area contributed by atoms with Crippen LogP contribution in [0.2, 0.25) is 0 Å². The van der Waals surface area contributed by atoms with Gasteiger partial charge in [0, 0.05) is 5.39 Å². The predicted octanol–water partition coefficient (Wildman–Crippen LogP) is 4.34. The summed E-state index contributed by atoms with van der Waals surface area (Å²) in [7, 11) is 1.47. The van der Waals surface area contributed by atoms with Crippen LogP contribution in [0, 0.1) is 12.7 Å². The highest BCUT2D eigenvalue weighted by Gasteiger charge is 2.22. The van der Waals surface area contributed by atoms with Gasteiger partial charge < -0.3 is 9.47 Å². The van der Waals surface area contributed by atoms with Gasteiger partial charge in [0.05, 0.1) is 35.8 Å². The van der Waals surface area contributed by atoms with Crippen LogP contribution < -0.4 is 4.74 Å². The molecule has 1 aromatic carbocycles. The monoisotopic (exact) mass is 357 g/mol. The number of carbonyl (C=O) groups is 1. The molecule has 3 aromatic rings. The van der Waals surface area contributed by atoms with E-state index in [1.54, 1.807) is 45.9 Å². The summed E-state index contributed by atoms with van der Waals surface area (Å²) in [5.41, 5.74) is 1.14. The van der Waals surface area contributed by atoms with E-state index in [4.69, 9.17) is 9.47 Å². The number of aryl methyl sites for hydroxylation is 1. The Morgan fingerprint density at radius 2 is 2.00 bits per heavy atom. The van der Waals surface area contributed by atoms with E-state index in [1.165, 1.54) is 24.1 Å².